The van der Waals surface area contributed by atoms with E-state index in [2.05, 4.69) is 0 Å². The Morgan fingerprint density at radius 2 is 2.00 bits per heavy atom. The molecule has 0 bridgehead atoms. The van der Waals surface area contributed by atoms with Crippen molar-refractivity contribution < 1.29 is 14.9 Å². The average Bonchev–Trinajstić information content (AvgIpc) is 1.80. The van der Waals surface area contributed by atoms with Crippen molar-refractivity contribution in [1.82, 2.24) is 0 Å². The van der Waals surface area contributed by atoms with Crippen molar-refractivity contribution in [1.29, 1.82) is 0 Å². The number of hydrogen-bond donors (Lipinski definition) is 2. The lowest BCUT2D eigenvalue weighted by molar-refractivity contribution is -0.192. The molecule has 1 rings (SSSR count). The van der Waals surface area contributed by atoms with Crippen molar-refractivity contribution >= 4 is 0 Å². The summed E-state index contributed by atoms with van der Waals surface area (Å²) in [6.45, 7) is 1.76. The predicted octanol–water partition coefficient (Wildman–Crippen LogP) is -0.135. The van der Waals surface area contributed by atoms with E-state index in [0.29, 0.717) is 12.8 Å². The monoisotopic (exact) mass is 132 g/mol. The van der Waals surface area contributed by atoms with Gasteiger partial charge in [0.25, 0.3) is 0 Å². The molecule has 1 saturated heterocycles. The Bertz CT molecular complexity index is 94.3. The molecule has 0 radical (unpaired) electrons. The lowest BCUT2D eigenvalue weighted by atomic mass is 10.1. The standard InChI is InChI=1S/C6H12O3/c1-4-5(7)2-3-6(8)9-4/h4-8H,2-3H2,1H3/t4?,5-,6?/m1/s1. The van der Waals surface area contributed by atoms with Crippen molar-refractivity contribution in [3.05, 3.63) is 0 Å². The van der Waals surface area contributed by atoms with Crippen molar-refractivity contribution in [2.75, 3.05) is 0 Å². The van der Waals surface area contributed by atoms with Crippen molar-refractivity contribution in [2.24, 2.45) is 0 Å². The molecule has 0 spiro atoms. The van der Waals surface area contributed by atoms with Crippen molar-refractivity contribution in [2.45, 2.75) is 38.3 Å². The third kappa shape index (κ3) is 1.64. The van der Waals surface area contributed by atoms with Gasteiger partial charge in [0.1, 0.15) is 0 Å². The molecule has 0 aromatic carbocycles. The molecule has 2 unspecified atom stereocenters. The lowest BCUT2D eigenvalue weighted by Crippen LogP contribution is -2.36. The number of ether oxygens (including phenoxy) is 1. The molecular formula is C6H12O3. The van der Waals surface area contributed by atoms with Gasteiger partial charge in [-0.2, -0.15) is 0 Å². The molecule has 0 aromatic rings. The van der Waals surface area contributed by atoms with Crippen LogP contribution in [0.4, 0.5) is 0 Å². The molecule has 1 aliphatic rings. The summed E-state index contributed by atoms with van der Waals surface area (Å²) in [6.07, 6.45) is -0.0843. The molecule has 2 N–H and O–H groups in total. The molecule has 1 aliphatic heterocycles. The van der Waals surface area contributed by atoms with E-state index in [1.807, 2.05) is 0 Å². The summed E-state index contributed by atoms with van der Waals surface area (Å²) in [5, 5.41) is 17.9. The highest BCUT2D eigenvalue weighted by Gasteiger charge is 2.24. The second kappa shape index (κ2) is 2.64. The minimum absolute atomic E-state index is 0.214. The van der Waals surface area contributed by atoms with Crippen LogP contribution in [0.15, 0.2) is 0 Å². The summed E-state index contributed by atoms with van der Waals surface area (Å²) in [5.41, 5.74) is 0. The normalized spacial score (nSPS) is 45.0. The van der Waals surface area contributed by atoms with Gasteiger partial charge in [0.05, 0.1) is 12.2 Å². The van der Waals surface area contributed by atoms with E-state index in [4.69, 9.17) is 14.9 Å². The van der Waals surface area contributed by atoms with Gasteiger partial charge in [-0.25, -0.2) is 0 Å². The highest BCUT2D eigenvalue weighted by atomic mass is 16.6. The van der Waals surface area contributed by atoms with Crippen LogP contribution in [0.1, 0.15) is 19.8 Å². The Kier molecular flexibility index (Phi) is 2.05. The second-order valence-electron chi connectivity index (χ2n) is 2.44. The molecule has 3 atom stereocenters. The fourth-order valence-electron chi connectivity index (χ4n) is 0.955. The quantitative estimate of drug-likeness (QED) is 0.482. The highest BCUT2D eigenvalue weighted by Crippen LogP contribution is 2.16. The predicted molar refractivity (Wildman–Crippen MR) is 31.8 cm³/mol. The molecule has 9 heavy (non-hydrogen) atoms. The summed E-state index contributed by atoms with van der Waals surface area (Å²) < 4.78 is 4.90. The molecule has 0 aromatic heterocycles. The zero-order valence-electron chi connectivity index (χ0n) is 5.45. The Hall–Kier alpha value is -0.120. The third-order valence-corrected chi connectivity index (χ3v) is 1.62. The van der Waals surface area contributed by atoms with Gasteiger partial charge in [-0.3, -0.25) is 0 Å². The van der Waals surface area contributed by atoms with E-state index in [0.717, 1.165) is 0 Å². The van der Waals surface area contributed by atoms with Crippen LogP contribution in [0.2, 0.25) is 0 Å². The fraction of sp³-hybridized carbons (Fsp3) is 1.00. The van der Waals surface area contributed by atoms with E-state index < -0.39 is 12.4 Å². The van der Waals surface area contributed by atoms with Crippen LogP contribution in [-0.4, -0.2) is 28.7 Å². The summed E-state index contributed by atoms with van der Waals surface area (Å²) in [7, 11) is 0. The summed E-state index contributed by atoms with van der Waals surface area (Å²) >= 11 is 0. The molecule has 0 saturated carbocycles. The Labute approximate surface area is 54.3 Å². The van der Waals surface area contributed by atoms with E-state index in [-0.39, 0.29) is 6.10 Å². The number of aliphatic hydroxyl groups excluding tert-OH is 2. The smallest absolute Gasteiger partial charge is 0.155 e. The van der Waals surface area contributed by atoms with Gasteiger partial charge in [-0.15, -0.1) is 0 Å². The van der Waals surface area contributed by atoms with Crippen molar-refractivity contribution in [3.63, 3.8) is 0 Å². The maximum Gasteiger partial charge on any atom is 0.155 e. The number of aliphatic hydroxyl groups is 2. The van der Waals surface area contributed by atoms with Crippen LogP contribution < -0.4 is 0 Å². The summed E-state index contributed by atoms with van der Waals surface area (Å²) in [5.74, 6) is 0. The lowest BCUT2D eigenvalue weighted by Gasteiger charge is -2.28. The van der Waals surface area contributed by atoms with Gasteiger partial charge in [0, 0.05) is 6.42 Å². The van der Waals surface area contributed by atoms with E-state index in [1.54, 1.807) is 6.92 Å². The van der Waals surface area contributed by atoms with Gasteiger partial charge in [-0.1, -0.05) is 0 Å². The van der Waals surface area contributed by atoms with E-state index in [9.17, 15) is 0 Å². The van der Waals surface area contributed by atoms with Gasteiger partial charge in [0.15, 0.2) is 6.29 Å². The Morgan fingerprint density at radius 3 is 2.44 bits per heavy atom. The average molecular weight is 132 g/mol. The Morgan fingerprint density at radius 1 is 1.33 bits per heavy atom. The van der Waals surface area contributed by atoms with Crippen LogP contribution in [0.3, 0.4) is 0 Å². The van der Waals surface area contributed by atoms with Gasteiger partial charge in [-0.05, 0) is 13.3 Å². The molecule has 0 amide bonds. The summed E-state index contributed by atoms with van der Waals surface area (Å²) in [4.78, 5) is 0. The largest absolute Gasteiger partial charge is 0.390 e. The first-order valence-electron chi connectivity index (χ1n) is 3.21. The molecule has 54 valence electrons. The molecular weight excluding hydrogens is 120 g/mol. The maximum atomic E-state index is 9.06. The molecule has 0 aliphatic carbocycles. The van der Waals surface area contributed by atoms with Crippen LogP contribution in [-0.2, 0) is 4.74 Å². The SMILES string of the molecule is CC1OC(O)CC[C@H]1O. The molecule has 3 heteroatoms. The second-order valence-corrected chi connectivity index (χ2v) is 2.44. The minimum Gasteiger partial charge on any atom is -0.390 e. The van der Waals surface area contributed by atoms with Crippen LogP contribution in [0, 0.1) is 0 Å². The molecule has 1 fully saturated rings. The van der Waals surface area contributed by atoms with Crippen molar-refractivity contribution in [3.8, 4) is 0 Å². The van der Waals surface area contributed by atoms with Crippen LogP contribution in [0.25, 0.3) is 0 Å². The molecule has 3 nitrogen and oxygen atoms in total. The first kappa shape index (κ1) is 6.99. The number of hydrogen-bond acceptors (Lipinski definition) is 3. The van der Waals surface area contributed by atoms with Gasteiger partial charge >= 0.3 is 0 Å². The number of rotatable bonds is 0. The first-order chi connectivity index (χ1) is 4.20. The van der Waals surface area contributed by atoms with Crippen LogP contribution >= 0.6 is 0 Å². The topological polar surface area (TPSA) is 49.7 Å². The zero-order valence-corrected chi connectivity index (χ0v) is 5.45. The van der Waals surface area contributed by atoms with Gasteiger partial charge in [0.2, 0.25) is 0 Å². The zero-order chi connectivity index (χ0) is 6.85. The maximum absolute atomic E-state index is 9.06. The van der Waals surface area contributed by atoms with Gasteiger partial charge < -0.3 is 14.9 Å². The van der Waals surface area contributed by atoms with E-state index in [1.165, 1.54) is 0 Å². The highest BCUT2D eigenvalue weighted by molar-refractivity contribution is 4.69. The van der Waals surface area contributed by atoms with E-state index >= 15 is 0 Å². The van der Waals surface area contributed by atoms with Crippen LogP contribution in [0.5, 0.6) is 0 Å². The first-order valence-corrected chi connectivity index (χ1v) is 3.21. The third-order valence-electron chi connectivity index (χ3n) is 1.62. The Balaban J connectivity index is 2.35. The summed E-state index contributed by atoms with van der Waals surface area (Å²) in [6, 6.07) is 0. The minimum atomic E-state index is -0.664. The molecule has 1 heterocycles. The fourth-order valence-corrected chi connectivity index (χ4v) is 0.955.